The fourth-order valence-corrected chi connectivity index (χ4v) is 4.00. The first-order valence-electron chi connectivity index (χ1n) is 9.59. The van der Waals surface area contributed by atoms with Crippen LogP contribution in [0.1, 0.15) is 28.4 Å². The van der Waals surface area contributed by atoms with Crippen LogP contribution in [0.5, 0.6) is 11.5 Å². The number of hydrogen-bond acceptors (Lipinski definition) is 5. The molecular formula is C21H21N3O4. The van der Waals surface area contributed by atoms with Gasteiger partial charge in [-0.3, -0.25) is 14.6 Å². The van der Waals surface area contributed by atoms with Crippen LogP contribution in [0, 0.1) is 5.92 Å². The van der Waals surface area contributed by atoms with Gasteiger partial charge in [0, 0.05) is 38.3 Å². The summed E-state index contributed by atoms with van der Waals surface area (Å²) < 4.78 is 10.8. The van der Waals surface area contributed by atoms with E-state index in [0.717, 1.165) is 23.5 Å². The van der Waals surface area contributed by atoms with E-state index in [2.05, 4.69) is 4.98 Å². The van der Waals surface area contributed by atoms with E-state index in [4.69, 9.17) is 9.47 Å². The molecule has 1 aromatic heterocycles. The lowest BCUT2D eigenvalue weighted by Gasteiger charge is -2.34. The Kier molecular flexibility index (Phi) is 4.15. The maximum atomic E-state index is 12.9. The van der Waals surface area contributed by atoms with Crippen molar-refractivity contribution in [3.63, 3.8) is 0 Å². The zero-order chi connectivity index (χ0) is 19.1. The van der Waals surface area contributed by atoms with Crippen LogP contribution >= 0.6 is 0 Å². The van der Waals surface area contributed by atoms with Gasteiger partial charge in [-0.1, -0.05) is 12.1 Å². The smallest absolute Gasteiger partial charge is 0.272 e. The minimum atomic E-state index is -0.0719. The molecule has 7 heteroatoms. The molecule has 2 fully saturated rings. The number of carbonyl (C=O) groups excluding carboxylic acids is 2. The molecule has 1 saturated carbocycles. The number of aromatic nitrogens is 1. The first-order valence-corrected chi connectivity index (χ1v) is 9.59. The maximum Gasteiger partial charge on any atom is 0.272 e. The Morgan fingerprint density at radius 2 is 1.75 bits per heavy atom. The molecule has 7 nitrogen and oxygen atoms in total. The van der Waals surface area contributed by atoms with E-state index in [1.165, 1.54) is 0 Å². The Morgan fingerprint density at radius 3 is 2.54 bits per heavy atom. The Balaban J connectivity index is 1.17. The number of amides is 2. The summed E-state index contributed by atoms with van der Waals surface area (Å²) in [6.07, 6.45) is 2.49. The van der Waals surface area contributed by atoms with Crippen LogP contribution in [0.2, 0.25) is 0 Å². The standard InChI is InChI=1S/C21H21N3O4/c25-20(16-12-15(16)14-4-5-18-19(11-14)28-13-27-18)23-7-9-24(10-8-23)21(26)17-3-1-2-6-22-17/h1-6,11,15-16H,7-10,12-13H2. The molecule has 2 atom stereocenters. The molecule has 2 unspecified atom stereocenters. The normalized spacial score (nSPS) is 22.9. The van der Waals surface area contributed by atoms with E-state index in [1.54, 1.807) is 23.2 Å². The molecule has 0 bridgehead atoms. The van der Waals surface area contributed by atoms with Crippen LogP contribution < -0.4 is 9.47 Å². The van der Waals surface area contributed by atoms with Gasteiger partial charge >= 0.3 is 0 Å². The molecule has 0 spiro atoms. The van der Waals surface area contributed by atoms with Crippen molar-refractivity contribution in [2.75, 3.05) is 33.0 Å². The van der Waals surface area contributed by atoms with E-state index >= 15 is 0 Å². The highest BCUT2D eigenvalue weighted by molar-refractivity contribution is 5.92. The van der Waals surface area contributed by atoms with Crippen molar-refractivity contribution in [3.8, 4) is 11.5 Å². The number of pyridine rings is 1. The number of carbonyl (C=O) groups is 2. The summed E-state index contributed by atoms with van der Waals surface area (Å²) in [5, 5.41) is 0. The van der Waals surface area contributed by atoms with Gasteiger partial charge in [0.1, 0.15) is 5.69 Å². The van der Waals surface area contributed by atoms with Gasteiger partial charge in [-0.05, 0) is 42.2 Å². The van der Waals surface area contributed by atoms with E-state index in [9.17, 15) is 9.59 Å². The average molecular weight is 379 g/mol. The van der Waals surface area contributed by atoms with Crippen LogP contribution in [0.25, 0.3) is 0 Å². The van der Waals surface area contributed by atoms with Gasteiger partial charge in [0.25, 0.3) is 5.91 Å². The number of rotatable bonds is 3. The van der Waals surface area contributed by atoms with Gasteiger partial charge in [0.05, 0.1) is 0 Å². The van der Waals surface area contributed by atoms with E-state index in [0.29, 0.717) is 31.9 Å². The molecule has 1 saturated heterocycles. The molecule has 5 rings (SSSR count). The number of fused-ring (bicyclic) bond motifs is 1. The van der Waals surface area contributed by atoms with Gasteiger partial charge in [0.15, 0.2) is 11.5 Å². The second kappa shape index (κ2) is 6.82. The number of hydrogen-bond donors (Lipinski definition) is 0. The Bertz CT molecular complexity index is 909. The average Bonchev–Trinajstić information content (AvgIpc) is 3.42. The molecule has 1 aromatic carbocycles. The van der Waals surface area contributed by atoms with Gasteiger partial charge in [-0.15, -0.1) is 0 Å². The lowest BCUT2D eigenvalue weighted by molar-refractivity contribution is -0.134. The predicted molar refractivity (Wildman–Crippen MR) is 100 cm³/mol. The molecule has 28 heavy (non-hydrogen) atoms. The van der Waals surface area contributed by atoms with Crippen molar-refractivity contribution >= 4 is 11.8 Å². The topological polar surface area (TPSA) is 72.0 Å². The summed E-state index contributed by atoms with van der Waals surface area (Å²) in [7, 11) is 0. The summed E-state index contributed by atoms with van der Waals surface area (Å²) in [4.78, 5) is 33.2. The molecule has 3 heterocycles. The molecule has 2 amide bonds. The summed E-state index contributed by atoms with van der Waals surface area (Å²) in [6, 6.07) is 11.3. The van der Waals surface area contributed by atoms with Crippen LogP contribution in [-0.4, -0.2) is 59.6 Å². The fourth-order valence-electron chi connectivity index (χ4n) is 4.00. The molecule has 0 radical (unpaired) electrons. The van der Waals surface area contributed by atoms with Crippen molar-refractivity contribution in [3.05, 3.63) is 53.9 Å². The zero-order valence-corrected chi connectivity index (χ0v) is 15.4. The largest absolute Gasteiger partial charge is 0.454 e. The molecule has 144 valence electrons. The highest BCUT2D eigenvalue weighted by atomic mass is 16.7. The van der Waals surface area contributed by atoms with Crippen LogP contribution in [-0.2, 0) is 4.79 Å². The van der Waals surface area contributed by atoms with E-state index in [-0.39, 0.29) is 30.4 Å². The Hall–Kier alpha value is -3.09. The van der Waals surface area contributed by atoms with Crippen LogP contribution in [0.4, 0.5) is 0 Å². The molecule has 2 aliphatic heterocycles. The minimum Gasteiger partial charge on any atom is -0.454 e. The van der Waals surface area contributed by atoms with Gasteiger partial charge in [-0.25, -0.2) is 0 Å². The highest BCUT2D eigenvalue weighted by Crippen LogP contribution is 2.50. The first kappa shape index (κ1) is 17.0. The third kappa shape index (κ3) is 3.06. The number of ether oxygens (including phenoxy) is 2. The van der Waals surface area contributed by atoms with E-state index < -0.39 is 0 Å². The van der Waals surface area contributed by atoms with Crippen molar-refractivity contribution in [1.82, 2.24) is 14.8 Å². The van der Waals surface area contributed by atoms with Crippen molar-refractivity contribution in [2.45, 2.75) is 12.3 Å². The zero-order valence-electron chi connectivity index (χ0n) is 15.4. The SMILES string of the molecule is O=C(c1ccccn1)N1CCN(C(=O)C2CC2c2ccc3c(c2)OCO3)CC1. The van der Waals surface area contributed by atoms with Gasteiger partial charge < -0.3 is 19.3 Å². The molecule has 2 aromatic rings. The number of piperazine rings is 1. The minimum absolute atomic E-state index is 0.0263. The highest BCUT2D eigenvalue weighted by Gasteiger charge is 2.46. The van der Waals surface area contributed by atoms with Crippen LogP contribution in [0.3, 0.4) is 0 Å². The molecule has 3 aliphatic rings. The number of benzene rings is 1. The van der Waals surface area contributed by atoms with Gasteiger partial charge in [0.2, 0.25) is 12.7 Å². The van der Waals surface area contributed by atoms with Crippen molar-refractivity contribution in [1.29, 1.82) is 0 Å². The lowest BCUT2D eigenvalue weighted by atomic mass is 10.1. The van der Waals surface area contributed by atoms with Crippen molar-refractivity contribution < 1.29 is 19.1 Å². The predicted octanol–water partition coefficient (Wildman–Crippen LogP) is 1.90. The quantitative estimate of drug-likeness (QED) is 0.815. The summed E-state index contributed by atoms with van der Waals surface area (Å²) in [6.45, 7) is 2.49. The molecule has 0 N–H and O–H groups in total. The number of nitrogens with zero attached hydrogens (tertiary/aromatic N) is 3. The second-order valence-electron chi connectivity index (χ2n) is 7.39. The Morgan fingerprint density at radius 1 is 0.964 bits per heavy atom. The first-order chi connectivity index (χ1) is 13.7. The monoisotopic (exact) mass is 379 g/mol. The summed E-state index contributed by atoms with van der Waals surface area (Å²) in [5.74, 6) is 1.91. The molecule has 1 aliphatic carbocycles. The second-order valence-corrected chi connectivity index (χ2v) is 7.39. The molecular weight excluding hydrogens is 358 g/mol. The third-order valence-corrected chi connectivity index (χ3v) is 5.69. The van der Waals surface area contributed by atoms with Crippen LogP contribution in [0.15, 0.2) is 42.6 Å². The fraction of sp³-hybridized carbons (Fsp3) is 0.381. The van der Waals surface area contributed by atoms with E-state index in [1.807, 2.05) is 29.2 Å². The summed E-state index contributed by atoms with van der Waals surface area (Å²) >= 11 is 0. The lowest BCUT2D eigenvalue weighted by Crippen LogP contribution is -2.51. The summed E-state index contributed by atoms with van der Waals surface area (Å²) in [5.41, 5.74) is 1.58. The third-order valence-electron chi connectivity index (χ3n) is 5.69. The van der Waals surface area contributed by atoms with Crippen molar-refractivity contribution in [2.24, 2.45) is 5.92 Å². The van der Waals surface area contributed by atoms with Gasteiger partial charge in [-0.2, -0.15) is 0 Å². The Labute approximate surface area is 162 Å². The maximum absolute atomic E-state index is 12.9.